The van der Waals surface area contributed by atoms with E-state index in [9.17, 15) is 0 Å². The van der Waals surface area contributed by atoms with Gasteiger partial charge in [0.15, 0.2) is 5.11 Å². The molecule has 1 aromatic carbocycles. The molecule has 128 valence electrons. The fourth-order valence-corrected chi connectivity index (χ4v) is 3.33. The summed E-state index contributed by atoms with van der Waals surface area (Å²) >= 11 is 5.46. The summed E-state index contributed by atoms with van der Waals surface area (Å²) in [5.74, 6) is 0.999. The van der Waals surface area contributed by atoms with E-state index in [1.807, 2.05) is 12.1 Å². The molecule has 1 aliphatic heterocycles. The minimum atomic E-state index is 0.224. The molecule has 2 heterocycles. The predicted molar refractivity (Wildman–Crippen MR) is 102 cm³/mol. The first-order chi connectivity index (χ1) is 11.6. The van der Waals surface area contributed by atoms with Gasteiger partial charge < -0.3 is 15.1 Å². The molecule has 1 atom stereocenters. The second-order valence-electron chi connectivity index (χ2n) is 6.41. The van der Waals surface area contributed by atoms with Crippen molar-refractivity contribution in [2.24, 2.45) is 0 Å². The van der Waals surface area contributed by atoms with Crippen molar-refractivity contribution in [2.45, 2.75) is 32.7 Å². The van der Waals surface area contributed by atoms with Crippen LogP contribution in [0.1, 0.15) is 35.8 Å². The van der Waals surface area contributed by atoms with Gasteiger partial charge in [0.2, 0.25) is 0 Å². The summed E-state index contributed by atoms with van der Waals surface area (Å²) in [6.07, 6.45) is 4.25. The zero-order chi connectivity index (χ0) is 16.9. The van der Waals surface area contributed by atoms with Gasteiger partial charge in [0, 0.05) is 12.2 Å². The van der Waals surface area contributed by atoms with Crippen molar-refractivity contribution in [1.29, 1.82) is 0 Å². The Hall–Kier alpha value is -1.85. The number of hydrogen-bond donors (Lipinski definition) is 2. The molecule has 0 aliphatic carbocycles. The number of anilines is 1. The SMILES string of the molecule is Cc1ccc(NC(=S)NCC(c2ccco2)N2CCCC2)cc1C. The Morgan fingerprint density at radius 3 is 2.67 bits per heavy atom. The minimum Gasteiger partial charge on any atom is -0.468 e. The molecule has 0 amide bonds. The molecule has 0 spiro atoms. The third-order valence-electron chi connectivity index (χ3n) is 4.67. The Balaban J connectivity index is 1.59. The number of likely N-dealkylation sites (tertiary alicyclic amines) is 1. The lowest BCUT2D eigenvalue weighted by molar-refractivity contribution is 0.216. The molecular formula is C19H25N3OS. The summed E-state index contributed by atoms with van der Waals surface area (Å²) < 4.78 is 5.64. The normalized spacial score (nSPS) is 16.1. The number of thiocarbonyl (C=S) groups is 1. The molecule has 1 saturated heterocycles. The Labute approximate surface area is 149 Å². The summed E-state index contributed by atoms with van der Waals surface area (Å²) in [6.45, 7) is 7.19. The lowest BCUT2D eigenvalue weighted by atomic mass is 10.1. The van der Waals surface area contributed by atoms with E-state index in [1.165, 1.54) is 24.0 Å². The molecule has 1 aromatic heterocycles. The van der Waals surface area contributed by atoms with E-state index in [0.29, 0.717) is 5.11 Å². The molecule has 0 radical (unpaired) electrons. The van der Waals surface area contributed by atoms with Crippen LogP contribution in [0.5, 0.6) is 0 Å². The molecule has 0 bridgehead atoms. The highest BCUT2D eigenvalue weighted by atomic mass is 32.1. The lowest BCUT2D eigenvalue weighted by Crippen LogP contribution is -2.38. The zero-order valence-electron chi connectivity index (χ0n) is 14.3. The van der Waals surface area contributed by atoms with Crippen molar-refractivity contribution in [3.8, 4) is 0 Å². The van der Waals surface area contributed by atoms with E-state index in [0.717, 1.165) is 31.1 Å². The van der Waals surface area contributed by atoms with E-state index in [2.05, 4.69) is 47.6 Å². The number of benzene rings is 1. The van der Waals surface area contributed by atoms with Gasteiger partial charge in [-0.25, -0.2) is 0 Å². The molecule has 1 fully saturated rings. The van der Waals surface area contributed by atoms with Crippen molar-refractivity contribution in [2.75, 3.05) is 25.0 Å². The third-order valence-corrected chi connectivity index (χ3v) is 4.92. The quantitative estimate of drug-likeness (QED) is 0.803. The summed E-state index contributed by atoms with van der Waals surface area (Å²) in [5, 5.41) is 7.27. The largest absolute Gasteiger partial charge is 0.468 e. The summed E-state index contributed by atoms with van der Waals surface area (Å²) in [7, 11) is 0. The molecule has 2 aromatic rings. The van der Waals surface area contributed by atoms with Gasteiger partial charge >= 0.3 is 0 Å². The molecule has 1 aliphatic rings. The summed E-state index contributed by atoms with van der Waals surface area (Å²) in [6, 6.07) is 10.5. The predicted octanol–water partition coefficient (Wildman–Crippen LogP) is 4.02. The zero-order valence-corrected chi connectivity index (χ0v) is 15.2. The number of rotatable bonds is 5. The molecule has 0 saturated carbocycles. The van der Waals surface area contributed by atoms with Crippen LogP contribution in [0.3, 0.4) is 0 Å². The van der Waals surface area contributed by atoms with Crippen LogP contribution in [0.2, 0.25) is 0 Å². The van der Waals surface area contributed by atoms with Crippen LogP contribution in [-0.4, -0.2) is 29.6 Å². The smallest absolute Gasteiger partial charge is 0.170 e. The van der Waals surface area contributed by atoms with E-state index in [4.69, 9.17) is 16.6 Å². The van der Waals surface area contributed by atoms with Crippen LogP contribution in [0.4, 0.5) is 5.69 Å². The topological polar surface area (TPSA) is 40.4 Å². The van der Waals surface area contributed by atoms with Crippen LogP contribution in [-0.2, 0) is 0 Å². The first-order valence-electron chi connectivity index (χ1n) is 8.53. The van der Waals surface area contributed by atoms with Crippen molar-refractivity contribution in [1.82, 2.24) is 10.2 Å². The van der Waals surface area contributed by atoms with Gasteiger partial charge in [0.1, 0.15) is 5.76 Å². The Morgan fingerprint density at radius 2 is 2.00 bits per heavy atom. The molecule has 3 rings (SSSR count). The van der Waals surface area contributed by atoms with Gasteiger partial charge in [0.25, 0.3) is 0 Å². The van der Waals surface area contributed by atoms with Crippen LogP contribution in [0.25, 0.3) is 0 Å². The third kappa shape index (κ3) is 4.16. The molecule has 24 heavy (non-hydrogen) atoms. The number of furan rings is 1. The highest BCUT2D eigenvalue weighted by Crippen LogP contribution is 2.25. The van der Waals surface area contributed by atoms with E-state index in [1.54, 1.807) is 6.26 Å². The van der Waals surface area contributed by atoms with Crippen molar-refractivity contribution >= 4 is 23.0 Å². The van der Waals surface area contributed by atoms with Crippen molar-refractivity contribution in [3.63, 3.8) is 0 Å². The second-order valence-corrected chi connectivity index (χ2v) is 6.82. The van der Waals surface area contributed by atoms with Crippen molar-refractivity contribution < 1.29 is 4.42 Å². The molecule has 4 nitrogen and oxygen atoms in total. The van der Waals surface area contributed by atoms with Gasteiger partial charge in [-0.1, -0.05) is 6.07 Å². The van der Waals surface area contributed by atoms with E-state index < -0.39 is 0 Å². The van der Waals surface area contributed by atoms with Crippen LogP contribution in [0.15, 0.2) is 41.0 Å². The maximum absolute atomic E-state index is 5.64. The Morgan fingerprint density at radius 1 is 1.21 bits per heavy atom. The maximum Gasteiger partial charge on any atom is 0.170 e. The van der Waals surface area contributed by atoms with E-state index >= 15 is 0 Å². The fourth-order valence-electron chi connectivity index (χ4n) is 3.13. The van der Waals surface area contributed by atoms with Crippen molar-refractivity contribution in [3.05, 3.63) is 53.5 Å². The monoisotopic (exact) mass is 343 g/mol. The molecular weight excluding hydrogens is 318 g/mol. The molecule has 5 heteroatoms. The number of nitrogens with one attached hydrogen (secondary N) is 2. The Bertz CT molecular complexity index is 678. The lowest BCUT2D eigenvalue weighted by Gasteiger charge is -2.26. The Kier molecular flexibility index (Phi) is 5.53. The maximum atomic E-state index is 5.64. The van der Waals surface area contributed by atoms with Crippen LogP contribution in [0, 0.1) is 13.8 Å². The standard InChI is InChI=1S/C19H25N3OS/c1-14-7-8-16(12-15(14)2)21-19(24)20-13-17(18-6-5-11-23-18)22-9-3-4-10-22/h5-8,11-12,17H,3-4,9-10,13H2,1-2H3,(H2,20,21,24). The van der Waals surface area contributed by atoms with E-state index in [-0.39, 0.29) is 6.04 Å². The minimum absolute atomic E-state index is 0.224. The first-order valence-corrected chi connectivity index (χ1v) is 8.94. The number of nitrogens with zero attached hydrogens (tertiary/aromatic N) is 1. The molecule has 2 N–H and O–H groups in total. The highest BCUT2D eigenvalue weighted by Gasteiger charge is 2.25. The van der Waals surface area contributed by atoms with Crippen LogP contribution >= 0.6 is 12.2 Å². The molecule has 1 unspecified atom stereocenters. The first kappa shape index (κ1) is 17.0. The van der Waals surface area contributed by atoms with Gasteiger partial charge in [-0.2, -0.15) is 0 Å². The summed E-state index contributed by atoms with van der Waals surface area (Å²) in [4.78, 5) is 2.46. The average Bonchev–Trinajstić information content (AvgIpc) is 3.25. The number of aryl methyl sites for hydroxylation is 2. The van der Waals surface area contributed by atoms with Gasteiger partial charge in [-0.15, -0.1) is 0 Å². The van der Waals surface area contributed by atoms with Gasteiger partial charge in [-0.05, 0) is 87.4 Å². The fraction of sp³-hybridized carbons (Fsp3) is 0.421. The van der Waals surface area contributed by atoms with Gasteiger partial charge in [0.05, 0.1) is 12.3 Å². The number of hydrogen-bond acceptors (Lipinski definition) is 3. The second kappa shape index (κ2) is 7.81. The summed E-state index contributed by atoms with van der Waals surface area (Å²) in [5.41, 5.74) is 3.56. The highest BCUT2D eigenvalue weighted by molar-refractivity contribution is 7.80. The average molecular weight is 343 g/mol. The van der Waals surface area contributed by atoms with Crippen LogP contribution < -0.4 is 10.6 Å². The van der Waals surface area contributed by atoms with Gasteiger partial charge in [-0.3, -0.25) is 4.90 Å².